The zero-order valence-electron chi connectivity index (χ0n) is 23.4. The van der Waals surface area contributed by atoms with Crippen LogP contribution in [-0.2, 0) is 21.3 Å². The zero-order chi connectivity index (χ0) is 28.7. The van der Waals surface area contributed by atoms with Gasteiger partial charge in [0.15, 0.2) is 0 Å². The summed E-state index contributed by atoms with van der Waals surface area (Å²) < 4.78 is 36.6. The molecule has 2 amide bonds. The van der Waals surface area contributed by atoms with E-state index in [9.17, 15) is 13.2 Å². The topological polar surface area (TPSA) is 100 Å². The van der Waals surface area contributed by atoms with Crippen LogP contribution in [0, 0.1) is 0 Å². The number of para-hydroxylation sites is 1. The summed E-state index contributed by atoms with van der Waals surface area (Å²) in [7, 11) is -3.31. The average Bonchev–Trinajstić information content (AvgIpc) is 2.97. The highest BCUT2D eigenvalue weighted by Crippen LogP contribution is 2.27. The van der Waals surface area contributed by atoms with Gasteiger partial charge in [0.05, 0.1) is 6.26 Å². The number of rotatable bonds is 9. The van der Waals surface area contributed by atoms with E-state index >= 15 is 0 Å². The standard InChI is InChI=1S/C31H38N4O5S/c1-41(37,38)33-26-9-13-30(14-10-26)40-29-11-7-24(8-12-29)23-34-19-15-28(16-20-34)35(27-5-3-2-4-6-27)31(36)32-25-17-21-39-22-18-25/h2-14,25,28,33H,15-23H2,1H3,(H,32,36). The van der Waals surface area contributed by atoms with Crippen LogP contribution in [0.2, 0.25) is 0 Å². The lowest BCUT2D eigenvalue weighted by atomic mass is 10.0. The molecule has 3 aromatic carbocycles. The maximum Gasteiger partial charge on any atom is 0.322 e. The van der Waals surface area contributed by atoms with Gasteiger partial charge in [-0.05, 0) is 79.8 Å². The van der Waals surface area contributed by atoms with Crippen LogP contribution in [0.15, 0.2) is 78.9 Å². The largest absolute Gasteiger partial charge is 0.457 e. The van der Waals surface area contributed by atoms with Crippen LogP contribution >= 0.6 is 0 Å². The number of piperidine rings is 1. The van der Waals surface area contributed by atoms with Gasteiger partial charge in [-0.3, -0.25) is 14.5 Å². The van der Waals surface area contributed by atoms with Crippen molar-refractivity contribution in [3.63, 3.8) is 0 Å². The first-order valence-electron chi connectivity index (χ1n) is 14.1. The van der Waals surface area contributed by atoms with E-state index in [1.807, 2.05) is 47.4 Å². The van der Waals surface area contributed by atoms with Crippen molar-refractivity contribution < 1.29 is 22.7 Å². The smallest absolute Gasteiger partial charge is 0.322 e. The minimum absolute atomic E-state index is 0.0153. The molecule has 5 rings (SSSR count). The van der Waals surface area contributed by atoms with Crippen molar-refractivity contribution in [2.24, 2.45) is 0 Å². The minimum Gasteiger partial charge on any atom is -0.457 e. The molecule has 0 saturated carbocycles. The molecule has 2 saturated heterocycles. The van der Waals surface area contributed by atoms with Crippen molar-refractivity contribution >= 4 is 27.4 Å². The Morgan fingerprint density at radius 3 is 2.12 bits per heavy atom. The number of hydrogen-bond donors (Lipinski definition) is 2. The van der Waals surface area contributed by atoms with E-state index < -0.39 is 10.0 Å². The average molecular weight is 579 g/mol. The lowest BCUT2D eigenvalue weighted by molar-refractivity contribution is 0.0801. The predicted octanol–water partition coefficient (Wildman–Crippen LogP) is 5.21. The summed E-state index contributed by atoms with van der Waals surface area (Å²) in [5.41, 5.74) is 2.62. The van der Waals surface area contributed by atoms with E-state index in [0.29, 0.717) is 30.4 Å². The third-order valence-electron chi connectivity index (χ3n) is 7.45. The predicted molar refractivity (Wildman–Crippen MR) is 161 cm³/mol. The highest BCUT2D eigenvalue weighted by molar-refractivity contribution is 7.92. The van der Waals surface area contributed by atoms with Gasteiger partial charge in [0.25, 0.3) is 0 Å². The third-order valence-corrected chi connectivity index (χ3v) is 8.05. The van der Waals surface area contributed by atoms with Gasteiger partial charge in [0.2, 0.25) is 10.0 Å². The second kappa shape index (κ2) is 13.4. The van der Waals surface area contributed by atoms with E-state index in [2.05, 4.69) is 27.1 Å². The lowest BCUT2D eigenvalue weighted by Gasteiger charge is -2.39. The Labute approximate surface area is 242 Å². The highest BCUT2D eigenvalue weighted by Gasteiger charge is 2.30. The number of carbonyl (C=O) groups is 1. The van der Waals surface area contributed by atoms with Gasteiger partial charge >= 0.3 is 6.03 Å². The summed E-state index contributed by atoms with van der Waals surface area (Å²) in [5.74, 6) is 1.34. The van der Waals surface area contributed by atoms with Crippen LogP contribution in [-0.4, -0.2) is 64.0 Å². The van der Waals surface area contributed by atoms with Crippen LogP contribution in [0.5, 0.6) is 11.5 Å². The first kappa shape index (κ1) is 28.9. The Hall–Kier alpha value is -3.60. The monoisotopic (exact) mass is 578 g/mol. The summed E-state index contributed by atoms with van der Waals surface area (Å²) in [6, 6.07) is 25.1. The minimum atomic E-state index is -3.31. The molecule has 218 valence electrons. The molecule has 2 fully saturated rings. The van der Waals surface area contributed by atoms with Gasteiger partial charge < -0.3 is 14.8 Å². The number of likely N-dealkylation sites (tertiary alicyclic amines) is 1. The number of anilines is 2. The molecule has 2 heterocycles. The molecule has 0 aromatic heterocycles. The molecular formula is C31H38N4O5S. The number of ether oxygens (including phenoxy) is 2. The van der Waals surface area contributed by atoms with E-state index in [1.54, 1.807) is 24.3 Å². The second-order valence-electron chi connectivity index (χ2n) is 10.7. The summed E-state index contributed by atoms with van der Waals surface area (Å²) in [6.07, 6.45) is 4.63. The SMILES string of the molecule is CS(=O)(=O)Nc1ccc(Oc2ccc(CN3CCC(N(C(=O)NC4CCOCC4)c4ccccc4)CC3)cc2)cc1. The number of sulfonamides is 1. The van der Waals surface area contributed by atoms with Gasteiger partial charge in [-0.1, -0.05) is 30.3 Å². The molecule has 41 heavy (non-hydrogen) atoms. The Kier molecular flexibility index (Phi) is 9.43. The number of nitrogens with one attached hydrogen (secondary N) is 2. The van der Waals surface area contributed by atoms with E-state index in [0.717, 1.165) is 57.3 Å². The number of nitrogens with zero attached hydrogens (tertiary/aromatic N) is 2. The summed E-state index contributed by atoms with van der Waals surface area (Å²) >= 11 is 0. The van der Waals surface area contributed by atoms with Crippen molar-refractivity contribution in [3.8, 4) is 11.5 Å². The van der Waals surface area contributed by atoms with Gasteiger partial charge in [-0.25, -0.2) is 13.2 Å². The Morgan fingerprint density at radius 2 is 1.51 bits per heavy atom. The molecule has 0 unspecified atom stereocenters. The number of amides is 2. The van der Waals surface area contributed by atoms with Crippen molar-refractivity contribution in [3.05, 3.63) is 84.4 Å². The summed E-state index contributed by atoms with van der Waals surface area (Å²) in [5, 5.41) is 3.25. The van der Waals surface area contributed by atoms with Crippen molar-refractivity contribution in [2.75, 3.05) is 42.2 Å². The van der Waals surface area contributed by atoms with Crippen LogP contribution in [0.4, 0.5) is 16.2 Å². The molecule has 0 radical (unpaired) electrons. The van der Waals surface area contributed by atoms with Gasteiger partial charge in [0, 0.05) is 56.3 Å². The zero-order valence-corrected chi connectivity index (χ0v) is 24.2. The van der Waals surface area contributed by atoms with Gasteiger partial charge in [-0.15, -0.1) is 0 Å². The molecule has 3 aromatic rings. The number of carbonyl (C=O) groups excluding carboxylic acids is 1. The lowest BCUT2D eigenvalue weighted by Crippen LogP contribution is -2.53. The van der Waals surface area contributed by atoms with E-state index in [1.165, 1.54) is 5.56 Å². The second-order valence-corrected chi connectivity index (χ2v) is 12.4. The van der Waals surface area contributed by atoms with E-state index in [4.69, 9.17) is 9.47 Å². The maximum atomic E-state index is 13.4. The quantitative estimate of drug-likeness (QED) is 0.362. The molecule has 9 nitrogen and oxygen atoms in total. The molecule has 2 aliphatic heterocycles. The van der Waals surface area contributed by atoms with Crippen molar-refractivity contribution in [1.82, 2.24) is 10.2 Å². The molecule has 0 aliphatic carbocycles. The number of benzene rings is 3. The Bertz CT molecular complexity index is 1370. The first-order chi connectivity index (χ1) is 19.8. The van der Waals surface area contributed by atoms with Crippen LogP contribution < -0.4 is 19.7 Å². The fourth-order valence-electron chi connectivity index (χ4n) is 5.37. The van der Waals surface area contributed by atoms with Gasteiger partial charge in [0.1, 0.15) is 11.5 Å². The Balaban J connectivity index is 1.14. The summed E-state index contributed by atoms with van der Waals surface area (Å²) in [4.78, 5) is 17.8. The van der Waals surface area contributed by atoms with Gasteiger partial charge in [-0.2, -0.15) is 0 Å². The first-order valence-corrected chi connectivity index (χ1v) is 16.0. The Morgan fingerprint density at radius 1 is 0.902 bits per heavy atom. The van der Waals surface area contributed by atoms with Crippen molar-refractivity contribution in [1.29, 1.82) is 0 Å². The van der Waals surface area contributed by atoms with Crippen LogP contribution in [0.3, 0.4) is 0 Å². The highest BCUT2D eigenvalue weighted by atomic mass is 32.2. The molecular weight excluding hydrogens is 540 g/mol. The molecule has 10 heteroatoms. The normalized spacial score (nSPS) is 17.1. The molecule has 0 atom stereocenters. The van der Waals surface area contributed by atoms with Crippen molar-refractivity contribution in [2.45, 2.75) is 44.3 Å². The van der Waals surface area contributed by atoms with Crippen LogP contribution in [0.1, 0.15) is 31.2 Å². The van der Waals surface area contributed by atoms with Crippen LogP contribution in [0.25, 0.3) is 0 Å². The number of urea groups is 1. The molecule has 2 N–H and O–H groups in total. The fourth-order valence-corrected chi connectivity index (χ4v) is 5.93. The maximum absolute atomic E-state index is 13.4. The summed E-state index contributed by atoms with van der Waals surface area (Å²) in [6.45, 7) is 4.04. The molecule has 2 aliphatic rings. The third kappa shape index (κ3) is 8.45. The fraction of sp³-hybridized carbons (Fsp3) is 0.387. The molecule has 0 spiro atoms. The van der Waals surface area contributed by atoms with E-state index in [-0.39, 0.29) is 18.1 Å². The number of hydrogen-bond acceptors (Lipinski definition) is 6. The molecule has 0 bridgehead atoms.